The molecule has 0 radical (unpaired) electrons. The minimum absolute atomic E-state index is 0.0435. The number of hydrogen-bond acceptors (Lipinski definition) is 11. The maximum absolute atomic E-state index is 13.6. The molecular formula is C60H113N3O8. The van der Waals surface area contributed by atoms with Gasteiger partial charge in [0.05, 0.1) is 19.6 Å². The van der Waals surface area contributed by atoms with Gasteiger partial charge in [-0.2, -0.15) is 0 Å². The first kappa shape index (κ1) is 64.9. The summed E-state index contributed by atoms with van der Waals surface area (Å²) in [7, 11) is 2.13. The number of ether oxygens (including phenoxy) is 4. The van der Waals surface area contributed by atoms with E-state index in [2.05, 4.69) is 49.4 Å². The van der Waals surface area contributed by atoms with E-state index in [1.165, 1.54) is 116 Å². The summed E-state index contributed by atoms with van der Waals surface area (Å²) in [5, 5.41) is 0. The average molecular weight is 1000 g/mol. The molecule has 0 amide bonds. The lowest BCUT2D eigenvalue weighted by Gasteiger charge is -2.32. The normalized spacial score (nSPS) is 16.8. The minimum atomic E-state index is -0.417. The highest BCUT2D eigenvalue weighted by Gasteiger charge is 2.39. The van der Waals surface area contributed by atoms with Crippen molar-refractivity contribution >= 4 is 23.9 Å². The number of hydrogen-bond donors (Lipinski definition) is 0. The number of unbranched alkanes of at least 4 members (excludes halogenated alkanes) is 22. The summed E-state index contributed by atoms with van der Waals surface area (Å²) < 4.78 is 23.5. The average Bonchev–Trinajstić information content (AvgIpc) is 3.76. The van der Waals surface area contributed by atoms with Gasteiger partial charge < -0.3 is 28.7 Å². The lowest BCUT2D eigenvalue weighted by atomic mass is 9.91. The van der Waals surface area contributed by atoms with Gasteiger partial charge in [0.15, 0.2) is 0 Å². The van der Waals surface area contributed by atoms with Crippen LogP contribution in [0.25, 0.3) is 0 Å². The Bertz CT molecular complexity index is 1270. The van der Waals surface area contributed by atoms with Crippen LogP contribution < -0.4 is 0 Å². The molecule has 2 atom stereocenters. The van der Waals surface area contributed by atoms with Crippen LogP contribution in [0.15, 0.2) is 0 Å². The molecule has 0 aliphatic carbocycles. The van der Waals surface area contributed by atoms with Crippen molar-refractivity contribution in [3.63, 3.8) is 0 Å². The predicted molar refractivity (Wildman–Crippen MR) is 293 cm³/mol. The van der Waals surface area contributed by atoms with Gasteiger partial charge in [0, 0.05) is 58.5 Å². The Labute approximate surface area is 437 Å². The van der Waals surface area contributed by atoms with Gasteiger partial charge in [-0.3, -0.25) is 24.1 Å². The van der Waals surface area contributed by atoms with Crippen LogP contribution in [0.3, 0.4) is 0 Å². The van der Waals surface area contributed by atoms with E-state index in [-0.39, 0.29) is 36.1 Å². The van der Waals surface area contributed by atoms with E-state index in [0.29, 0.717) is 52.0 Å². The topological polar surface area (TPSA) is 115 Å². The molecule has 2 heterocycles. The molecule has 2 saturated heterocycles. The Kier molecular flexibility index (Phi) is 41.3. The van der Waals surface area contributed by atoms with E-state index < -0.39 is 6.04 Å². The Hall–Kier alpha value is -2.24. The summed E-state index contributed by atoms with van der Waals surface area (Å²) in [6.07, 6.45) is 40.4. The lowest BCUT2D eigenvalue weighted by Crippen LogP contribution is -2.45. The van der Waals surface area contributed by atoms with Gasteiger partial charge in [-0.25, -0.2) is 0 Å². The van der Waals surface area contributed by atoms with Crippen LogP contribution in [0.1, 0.15) is 272 Å². The summed E-state index contributed by atoms with van der Waals surface area (Å²) in [6.45, 7) is 15.9. The number of carbonyl (C=O) groups excluding carboxylic acids is 4. The second kappa shape index (κ2) is 45.2. The Balaban J connectivity index is 1.71. The second-order valence-electron chi connectivity index (χ2n) is 21.9. The van der Waals surface area contributed by atoms with Crippen LogP contribution in [0.4, 0.5) is 0 Å². The van der Waals surface area contributed by atoms with Gasteiger partial charge in [-0.15, -0.1) is 0 Å². The molecule has 11 nitrogen and oxygen atoms in total. The molecule has 2 aliphatic heterocycles. The van der Waals surface area contributed by atoms with Gasteiger partial charge in [-0.1, -0.05) is 182 Å². The third-order valence-electron chi connectivity index (χ3n) is 15.3. The Morgan fingerprint density at radius 1 is 0.465 bits per heavy atom. The van der Waals surface area contributed by atoms with E-state index >= 15 is 0 Å². The molecule has 0 N–H and O–H groups in total. The van der Waals surface area contributed by atoms with Gasteiger partial charge in [-0.05, 0) is 83.7 Å². The maximum Gasteiger partial charge on any atom is 0.323 e. The zero-order valence-corrected chi connectivity index (χ0v) is 47.2. The number of nitrogens with zero attached hydrogens (tertiary/aromatic N) is 3. The Morgan fingerprint density at radius 2 is 0.944 bits per heavy atom. The molecule has 0 aromatic heterocycles. The van der Waals surface area contributed by atoms with E-state index in [1.807, 2.05) is 0 Å². The standard InChI is InChI=1S/C60H113N3O8/c1-6-10-14-16-20-28-38-54(39-29-21-17-15-11-7-2)70-58(65)41-31-23-19-25-33-49-69-60(67)56-51-55(71-59(66)42-44-62-47-45-61(5)46-48-62)52-63(56)43-32-24-18-22-30-40-57(64)68-50-34-37-53(35-26-12-8-3)36-27-13-9-4/h53-56H,6-52H2,1-5H3/t55-,56-/m0/s1. The molecule has 2 rings (SSSR count). The second-order valence-corrected chi connectivity index (χ2v) is 21.9. The van der Waals surface area contributed by atoms with Crippen LogP contribution in [0.5, 0.6) is 0 Å². The van der Waals surface area contributed by atoms with E-state index in [4.69, 9.17) is 18.9 Å². The van der Waals surface area contributed by atoms with Crippen LogP contribution in [0, 0.1) is 5.92 Å². The fourth-order valence-corrected chi connectivity index (χ4v) is 10.5. The monoisotopic (exact) mass is 1000 g/mol. The molecular weight excluding hydrogens is 891 g/mol. The Morgan fingerprint density at radius 3 is 1.55 bits per heavy atom. The molecule has 0 aromatic rings. The molecule has 71 heavy (non-hydrogen) atoms. The highest BCUT2D eigenvalue weighted by Crippen LogP contribution is 2.25. The first-order chi connectivity index (χ1) is 34.7. The fraction of sp³-hybridized carbons (Fsp3) is 0.933. The molecule has 11 heteroatoms. The summed E-state index contributed by atoms with van der Waals surface area (Å²) in [5.74, 6) is 0.241. The summed E-state index contributed by atoms with van der Waals surface area (Å²) in [4.78, 5) is 58.7. The number of esters is 4. The van der Waals surface area contributed by atoms with Crippen molar-refractivity contribution in [3.8, 4) is 0 Å². The summed E-state index contributed by atoms with van der Waals surface area (Å²) in [6, 6.07) is -0.417. The number of likely N-dealkylation sites (tertiary alicyclic amines) is 1. The van der Waals surface area contributed by atoms with Crippen molar-refractivity contribution in [3.05, 3.63) is 0 Å². The smallest absolute Gasteiger partial charge is 0.323 e. The van der Waals surface area contributed by atoms with Crippen molar-refractivity contribution < 1.29 is 38.1 Å². The largest absolute Gasteiger partial charge is 0.466 e. The third-order valence-corrected chi connectivity index (χ3v) is 15.3. The SMILES string of the molecule is CCCCCCCCC(CCCCCCCC)OC(=O)CCCCCCCOC(=O)[C@@H]1C[C@H](OC(=O)CCN2CCN(C)CC2)CN1CCCCCCCC(=O)OCCCC(CCCCC)CCCCC. The summed E-state index contributed by atoms with van der Waals surface area (Å²) >= 11 is 0. The molecule has 2 fully saturated rings. The first-order valence-corrected chi connectivity index (χ1v) is 30.5. The predicted octanol–water partition coefficient (Wildman–Crippen LogP) is 14.3. The molecule has 0 unspecified atom stereocenters. The lowest BCUT2D eigenvalue weighted by molar-refractivity contribution is -0.151. The van der Waals surface area contributed by atoms with Crippen molar-refractivity contribution in [2.75, 3.05) is 66.1 Å². The fourth-order valence-electron chi connectivity index (χ4n) is 10.5. The number of rotatable bonds is 48. The van der Waals surface area contributed by atoms with Gasteiger partial charge in [0.2, 0.25) is 0 Å². The van der Waals surface area contributed by atoms with Gasteiger partial charge >= 0.3 is 23.9 Å². The van der Waals surface area contributed by atoms with Gasteiger partial charge in [0.25, 0.3) is 0 Å². The summed E-state index contributed by atoms with van der Waals surface area (Å²) in [5.41, 5.74) is 0. The molecule has 0 bridgehead atoms. The molecule has 0 saturated carbocycles. The highest BCUT2D eigenvalue weighted by atomic mass is 16.6. The number of carbonyl (C=O) groups is 4. The van der Waals surface area contributed by atoms with Crippen molar-refractivity contribution in [2.45, 2.75) is 290 Å². The first-order valence-electron chi connectivity index (χ1n) is 30.5. The van der Waals surface area contributed by atoms with Crippen molar-refractivity contribution in [1.29, 1.82) is 0 Å². The van der Waals surface area contributed by atoms with Crippen LogP contribution >= 0.6 is 0 Å². The third kappa shape index (κ3) is 35.6. The quantitative estimate of drug-likeness (QED) is 0.0330. The molecule has 0 spiro atoms. The zero-order valence-electron chi connectivity index (χ0n) is 47.2. The zero-order chi connectivity index (χ0) is 51.4. The number of piperazine rings is 1. The van der Waals surface area contributed by atoms with Crippen LogP contribution in [0.2, 0.25) is 0 Å². The van der Waals surface area contributed by atoms with Crippen molar-refractivity contribution in [2.24, 2.45) is 5.92 Å². The van der Waals surface area contributed by atoms with Gasteiger partial charge in [0.1, 0.15) is 18.2 Å². The van der Waals surface area contributed by atoms with Crippen LogP contribution in [-0.4, -0.2) is 123 Å². The minimum Gasteiger partial charge on any atom is -0.466 e. The van der Waals surface area contributed by atoms with Crippen LogP contribution in [-0.2, 0) is 38.1 Å². The maximum atomic E-state index is 13.6. The van der Waals surface area contributed by atoms with Crippen molar-refractivity contribution in [1.82, 2.24) is 14.7 Å². The van der Waals surface area contributed by atoms with E-state index in [0.717, 1.165) is 141 Å². The molecule has 416 valence electrons. The van der Waals surface area contributed by atoms with E-state index in [9.17, 15) is 19.2 Å². The van der Waals surface area contributed by atoms with E-state index in [1.54, 1.807) is 0 Å². The molecule has 0 aromatic carbocycles. The number of likely N-dealkylation sites (N-methyl/N-ethyl adjacent to an activating group) is 1. The highest BCUT2D eigenvalue weighted by molar-refractivity contribution is 5.76. The molecule has 2 aliphatic rings.